The fraction of sp³-hybridized carbons (Fsp3) is 0.929. The van der Waals surface area contributed by atoms with Crippen molar-refractivity contribution < 1.29 is 4.79 Å². The number of carbonyl (C=O) groups is 1. The molecule has 106 valence electrons. The van der Waals surface area contributed by atoms with E-state index in [1.54, 1.807) is 0 Å². The smallest absolute Gasteiger partial charge is 0.222 e. The Hall–Kier alpha value is -0.280. The van der Waals surface area contributed by atoms with E-state index < -0.39 is 0 Å². The molecule has 2 aliphatic heterocycles. The molecule has 0 radical (unpaired) electrons. The van der Waals surface area contributed by atoms with Crippen molar-refractivity contribution in [2.24, 2.45) is 11.3 Å². The summed E-state index contributed by atoms with van der Waals surface area (Å²) in [6.45, 7) is 8.74. The molecule has 3 nitrogen and oxygen atoms in total. The van der Waals surface area contributed by atoms with Crippen molar-refractivity contribution in [3.63, 3.8) is 0 Å². The molecule has 0 spiro atoms. The summed E-state index contributed by atoms with van der Waals surface area (Å²) in [4.78, 5) is 14.2. The first-order valence-corrected chi connectivity index (χ1v) is 7.11. The lowest BCUT2D eigenvalue weighted by Gasteiger charge is -2.23. The SMILES string of the molecule is CCC1(C)CCN(C(=O)CCC2CCNC2)C1.Cl. The fourth-order valence-corrected chi connectivity index (χ4v) is 2.97. The zero-order valence-corrected chi connectivity index (χ0v) is 12.5. The number of nitrogens with one attached hydrogen (secondary N) is 1. The molecule has 2 heterocycles. The highest BCUT2D eigenvalue weighted by atomic mass is 35.5. The highest BCUT2D eigenvalue weighted by molar-refractivity contribution is 5.85. The number of halogens is 1. The summed E-state index contributed by atoms with van der Waals surface area (Å²) in [5.74, 6) is 1.12. The van der Waals surface area contributed by atoms with Crippen LogP contribution in [-0.4, -0.2) is 37.0 Å². The molecule has 2 unspecified atom stereocenters. The van der Waals surface area contributed by atoms with Gasteiger partial charge in [-0.1, -0.05) is 13.8 Å². The second-order valence-corrected chi connectivity index (χ2v) is 6.13. The van der Waals surface area contributed by atoms with E-state index in [2.05, 4.69) is 24.1 Å². The lowest BCUT2D eigenvalue weighted by atomic mass is 9.87. The number of likely N-dealkylation sites (tertiary alicyclic amines) is 1. The minimum absolute atomic E-state index is 0. The van der Waals surface area contributed by atoms with E-state index in [1.165, 1.54) is 19.3 Å². The van der Waals surface area contributed by atoms with E-state index in [4.69, 9.17) is 0 Å². The molecule has 2 fully saturated rings. The van der Waals surface area contributed by atoms with E-state index in [-0.39, 0.29) is 12.4 Å². The van der Waals surface area contributed by atoms with Crippen molar-refractivity contribution in [2.45, 2.75) is 46.0 Å². The lowest BCUT2D eigenvalue weighted by molar-refractivity contribution is -0.130. The number of hydrogen-bond donors (Lipinski definition) is 1. The summed E-state index contributed by atoms with van der Waals surface area (Å²) in [7, 11) is 0. The summed E-state index contributed by atoms with van der Waals surface area (Å²) in [6, 6.07) is 0. The van der Waals surface area contributed by atoms with Crippen LogP contribution in [0.2, 0.25) is 0 Å². The van der Waals surface area contributed by atoms with Crippen molar-refractivity contribution in [1.82, 2.24) is 10.2 Å². The highest BCUT2D eigenvalue weighted by Crippen LogP contribution is 2.33. The van der Waals surface area contributed by atoms with Crippen molar-refractivity contribution in [2.75, 3.05) is 26.2 Å². The summed E-state index contributed by atoms with van der Waals surface area (Å²) < 4.78 is 0. The molecule has 0 aromatic rings. The number of nitrogens with zero attached hydrogens (tertiary/aromatic N) is 1. The Morgan fingerprint density at radius 1 is 1.50 bits per heavy atom. The van der Waals surface area contributed by atoms with Gasteiger partial charge in [-0.15, -0.1) is 12.4 Å². The van der Waals surface area contributed by atoms with Crippen molar-refractivity contribution in [1.29, 1.82) is 0 Å². The predicted octanol–water partition coefficient (Wildman–Crippen LogP) is 2.45. The van der Waals surface area contributed by atoms with Crippen LogP contribution in [0.15, 0.2) is 0 Å². The molecule has 0 bridgehead atoms. The first-order chi connectivity index (χ1) is 8.13. The molecule has 2 aliphatic rings. The maximum Gasteiger partial charge on any atom is 0.222 e. The van der Waals surface area contributed by atoms with Crippen molar-refractivity contribution >= 4 is 18.3 Å². The van der Waals surface area contributed by atoms with Gasteiger partial charge in [-0.3, -0.25) is 4.79 Å². The number of rotatable bonds is 4. The van der Waals surface area contributed by atoms with Crippen LogP contribution < -0.4 is 5.32 Å². The van der Waals surface area contributed by atoms with Crippen LogP contribution in [0.5, 0.6) is 0 Å². The molecule has 0 aromatic heterocycles. The Balaban J connectivity index is 0.00000162. The van der Waals surface area contributed by atoms with E-state index >= 15 is 0 Å². The Morgan fingerprint density at radius 3 is 2.83 bits per heavy atom. The molecule has 2 saturated heterocycles. The number of hydrogen-bond acceptors (Lipinski definition) is 2. The zero-order valence-electron chi connectivity index (χ0n) is 11.7. The maximum atomic E-state index is 12.1. The van der Waals surface area contributed by atoms with Gasteiger partial charge in [0.25, 0.3) is 0 Å². The third kappa shape index (κ3) is 3.86. The molecule has 2 atom stereocenters. The number of carbonyl (C=O) groups excluding carboxylic acids is 1. The summed E-state index contributed by atoms with van der Waals surface area (Å²) in [5, 5.41) is 3.36. The third-order valence-corrected chi connectivity index (χ3v) is 4.69. The van der Waals surface area contributed by atoms with Gasteiger partial charge < -0.3 is 10.2 Å². The Kier molecular flexibility index (Phi) is 5.93. The summed E-state index contributed by atoms with van der Waals surface area (Å²) in [6.07, 6.45) is 5.45. The van der Waals surface area contributed by atoms with Crippen LogP contribution in [0.1, 0.15) is 46.0 Å². The van der Waals surface area contributed by atoms with E-state index in [0.29, 0.717) is 11.3 Å². The zero-order chi connectivity index (χ0) is 12.3. The second-order valence-electron chi connectivity index (χ2n) is 6.13. The van der Waals surface area contributed by atoms with E-state index in [9.17, 15) is 4.79 Å². The molecule has 0 saturated carbocycles. The van der Waals surface area contributed by atoms with Crippen LogP contribution in [0.3, 0.4) is 0 Å². The van der Waals surface area contributed by atoms with Crippen molar-refractivity contribution in [3.8, 4) is 0 Å². The largest absolute Gasteiger partial charge is 0.342 e. The van der Waals surface area contributed by atoms with Crippen LogP contribution in [-0.2, 0) is 4.79 Å². The highest BCUT2D eigenvalue weighted by Gasteiger charge is 2.34. The second kappa shape index (κ2) is 6.76. The van der Waals surface area contributed by atoms with Gasteiger partial charge in [0.1, 0.15) is 0 Å². The normalized spacial score (nSPS) is 31.4. The maximum absolute atomic E-state index is 12.1. The first kappa shape index (κ1) is 15.8. The average Bonchev–Trinajstić information content (AvgIpc) is 2.96. The summed E-state index contributed by atoms with van der Waals surface area (Å²) in [5.41, 5.74) is 0.380. The van der Waals surface area contributed by atoms with Gasteiger partial charge >= 0.3 is 0 Å². The quantitative estimate of drug-likeness (QED) is 0.854. The molecule has 0 aliphatic carbocycles. The Morgan fingerprint density at radius 2 is 2.28 bits per heavy atom. The number of amides is 1. The van der Waals surface area contributed by atoms with Gasteiger partial charge in [0.05, 0.1) is 0 Å². The van der Waals surface area contributed by atoms with Gasteiger partial charge in [-0.05, 0) is 50.1 Å². The molecule has 2 rings (SSSR count). The third-order valence-electron chi connectivity index (χ3n) is 4.69. The van der Waals surface area contributed by atoms with Gasteiger partial charge in [0.2, 0.25) is 5.91 Å². The van der Waals surface area contributed by atoms with Crippen LogP contribution in [0.4, 0.5) is 0 Å². The topological polar surface area (TPSA) is 32.3 Å². The monoisotopic (exact) mass is 274 g/mol. The van der Waals surface area contributed by atoms with Gasteiger partial charge in [0, 0.05) is 19.5 Å². The van der Waals surface area contributed by atoms with Gasteiger partial charge in [-0.25, -0.2) is 0 Å². The van der Waals surface area contributed by atoms with Crippen LogP contribution >= 0.6 is 12.4 Å². The molecular formula is C14H27ClN2O. The summed E-state index contributed by atoms with van der Waals surface area (Å²) >= 11 is 0. The standard InChI is InChI=1S/C14H26N2O.ClH/c1-3-14(2)7-9-16(11-14)13(17)5-4-12-6-8-15-10-12;/h12,15H,3-11H2,1-2H3;1H. The molecule has 1 amide bonds. The lowest BCUT2D eigenvalue weighted by Crippen LogP contribution is -2.31. The predicted molar refractivity (Wildman–Crippen MR) is 77.1 cm³/mol. The van der Waals surface area contributed by atoms with Gasteiger partial charge in [-0.2, -0.15) is 0 Å². The van der Waals surface area contributed by atoms with Crippen molar-refractivity contribution in [3.05, 3.63) is 0 Å². The van der Waals surface area contributed by atoms with E-state index in [1.807, 2.05) is 0 Å². The molecule has 18 heavy (non-hydrogen) atoms. The van der Waals surface area contributed by atoms with Gasteiger partial charge in [0.15, 0.2) is 0 Å². The Labute approximate surface area is 117 Å². The molecule has 4 heteroatoms. The first-order valence-electron chi connectivity index (χ1n) is 7.11. The Bertz CT molecular complexity index is 279. The minimum atomic E-state index is 0. The minimum Gasteiger partial charge on any atom is -0.342 e. The molecule has 0 aromatic carbocycles. The molecule has 1 N–H and O–H groups in total. The van der Waals surface area contributed by atoms with E-state index in [0.717, 1.165) is 44.9 Å². The van der Waals surface area contributed by atoms with Crippen LogP contribution in [0, 0.1) is 11.3 Å². The fourth-order valence-electron chi connectivity index (χ4n) is 2.97. The average molecular weight is 275 g/mol. The molecular weight excluding hydrogens is 248 g/mol. The van der Waals surface area contributed by atoms with Crippen LogP contribution in [0.25, 0.3) is 0 Å².